The summed E-state index contributed by atoms with van der Waals surface area (Å²) in [7, 11) is 1.85. The van der Waals surface area contributed by atoms with E-state index in [9.17, 15) is 18.0 Å². The van der Waals surface area contributed by atoms with Gasteiger partial charge in [0.25, 0.3) is 5.91 Å². The van der Waals surface area contributed by atoms with Gasteiger partial charge in [0.05, 0.1) is 18.3 Å². The Bertz CT molecular complexity index is 854. The van der Waals surface area contributed by atoms with Gasteiger partial charge in [-0.3, -0.25) is 10.3 Å². The van der Waals surface area contributed by atoms with E-state index in [1.807, 2.05) is 42.4 Å². The average Bonchev–Trinajstić information content (AvgIpc) is 3.05. The van der Waals surface area contributed by atoms with Gasteiger partial charge in [0.2, 0.25) is 5.88 Å². The molecule has 7 nitrogen and oxygen atoms in total. The molecule has 3 rings (SSSR count). The van der Waals surface area contributed by atoms with E-state index in [1.165, 1.54) is 18.3 Å². The minimum atomic E-state index is -4.47. The van der Waals surface area contributed by atoms with E-state index in [-0.39, 0.29) is 18.1 Å². The third-order valence-corrected chi connectivity index (χ3v) is 3.91. The first-order valence-electron chi connectivity index (χ1n) is 8.33. The van der Waals surface area contributed by atoms with Crippen LogP contribution in [-0.4, -0.2) is 42.3 Å². The number of alkyl halides is 3. The van der Waals surface area contributed by atoms with Crippen LogP contribution in [0, 0.1) is 0 Å². The van der Waals surface area contributed by atoms with Crippen molar-refractivity contribution in [3.05, 3.63) is 70.9 Å². The summed E-state index contributed by atoms with van der Waals surface area (Å²) in [5.41, 5.74) is 8.66. The molecule has 0 saturated heterocycles. The lowest BCUT2D eigenvalue weighted by Gasteiger charge is -2.15. The summed E-state index contributed by atoms with van der Waals surface area (Å²) in [5.74, 6) is -0.609. The van der Waals surface area contributed by atoms with Gasteiger partial charge in [0.1, 0.15) is 13.2 Å². The minimum Gasteiger partial charge on any atom is -0.471 e. The number of hydrogen-bond acceptors (Lipinski definition) is 4. The van der Waals surface area contributed by atoms with Crippen LogP contribution in [0.1, 0.15) is 15.9 Å². The van der Waals surface area contributed by atoms with Crippen molar-refractivity contribution >= 4 is 11.6 Å². The van der Waals surface area contributed by atoms with Crippen molar-refractivity contribution in [1.29, 1.82) is 0 Å². The van der Waals surface area contributed by atoms with Crippen LogP contribution in [0.5, 0.6) is 5.88 Å². The molecule has 148 valence electrons. The minimum absolute atomic E-state index is 0.0158. The molecule has 2 aromatic rings. The number of nitrogens with one attached hydrogen (secondary N) is 1. The Hall–Kier alpha value is -3.27. The van der Waals surface area contributed by atoms with E-state index in [0.29, 0.717) is 0 Å². The number of quaternary nitrogens is 1. The molecular weight excluding hydrogens is 375 g/mol. The number of pyridine rings is 1. The molecule has 1 aromatic heterocycles. The molecule has 0 atom stereocenters. The monoisotopic (exact) mass is 393 g/mol. The number of ether oxygens (including phenoxy) is 1. The lowest BCUT2D eigenvalue weighted by molar-refractivity contribution is -0.740. The van der Waals surface area contributed by atoms with E-state index in [1.54, 1.807) is 10.9 Å². The summed E-state index contributed by atoms with van der Waals surface area (Å²) in [6.07, 6.45) is -3.30. The van der Waals surface area contributed by atoms with Crippen LogP contribution < -0.4 is 15.6 Å². The van der Waals surface area contributed by atoms with Gasteiger partial charge in [-0.25, -0.2) is 9.99 Å². The highest BCUT2D eigenvalue weighted by Crippen LogP contribution is 2.25. The number of hydrogen-bond donors (Lipinski definition) is 2. The van der Waals surface area contributed by atoms with Crippen LogP contribution in [0.2, 0.25) is 0 Å². The van der Waals surface area contributed by atoms with Gasteiger partial charge >= 0.3 is 6.18 Å². The number of halogens is 3. The molecule has 10 heteroatoms. The Labute approximate surface area is 159 Å². The zero-order valence-corrected chi connectivity index (χ0v) is 14.9. The molecule has 3 N–H and O–H groups in total. The SMILES string of the molecule is CN1[NH2+][N-]C(c2ccccc2)=C1COc1ccc(C(=O)NCC(F)(F)F)cn1. The first-order chi connectivity index (χ1) is 13.3. The Morgan fingerprint density at radius 3 is 2.64 bits per heavy atom. The van der Waals surface area contributed by atoms with Crippen molar-refractivity contribution in [3.8, 4) is 5.88 Å². The molecule has 0 aliphatic carbocycles. The number of carbonyl (C=O) groups excluding carboxylic acids is 1. The topological polar surface area (TPSA) is 85.2 Å². The molecule has 1 aliphatic heterocycles. The van der Waals surface area contributed by atoms with Crippen molar-refractivity contribution in [3.63, 3.8) is 0 Å². The Morgan fingerprint density at radius 1 is 1.25 bits per heavy atom. The van der Waals surface area contributed by atoms with Gasteiger partial charge in [-0.05, 0) is 11.6 Å². The molecule has 0 unspecified atom stereocenters. The van der Waals surface area contributed by atoms with Crippen molar-refractivity contribution < 1.29 is 28.2 Å². The molecule has 1 aromatic carbocycles. The van der Waals surface area contributed by atoms with Crippen molar-refractivity contribution in [2.75, 3.05) is 20.2 Å². The second-order valence-corrected chi connectivity index (χ2v) is 5.99. The van der Waals surface area contributed by atoms with Gasteiger partial charge < -0.3 is 15.5 Å². The number of benzene rings is 1. The fourth-order valence-corrected chi connectivity index (χ4v) is 2.49. The van der Waals surface area contributed by atoms with Gasteiger partial charge in [-0.1, -0.05) is 36.0 Å². The standard InChI is InChI=1S/C18H18F3N5O2/c1-26-14(16(24-25-26)12-5-3-2-4-6-12)10-28-15-8-7-13(9-22-15)17(27)23-11-18(19,20)21/h2-9H,10-11,25H2,1H3,(H,23,27). The van der Waals surface area contributed by atoms with Crippen LogP contribution in [0.25, 0.3) is 11.1 Å². The molecular formula is C18H18F3N5O2. The lowest BCUT2D eigenvalue weighted by Crippen LogP contribution is -2.85. The third-order valence-electron chi connectivity index (χ3n) is 3.91. The summed E-state index contributed by atoms with van der Waals surface area (Å²) in [5, 5.41) is 3.62. The maximum atomic E-state index is 12.2. The summed E-state index contributed by atoms with van der Waals surface area (Å²) in [6.45, 7) is -1.21. The van der Waals surface area contributed by atoms with E-state index in [0.717, 1.165) is 17.0 Å². The zero-order valence-electron chi connectivity index (χ0n) is 14.9. The Morgan fingerprint density at radius 2 is 2.00 bits per heavy atom. The maximum absolute atomic E-state index is 12.2. The van der Waals surface area contributed by atoms with E-state index in [4.69, 9.17) is 4.74 Å². The zero-order chi connectivity index (χ0) is 20.1. The van der Waals surface area contributed by atoms with Crippen LogP contribution >= 0.6 is 0 Å². The number of rotatable bonds is 6. The smallest absolute Gasteiger partial charge is 0.405 e. The summed E-state index contributed by atoms with van der Waals surface area (Å²) in [6, 6.07) is 12.4. The van der Waals surface area contributed by atoms with Crippen LogP contribution in [0.4, 0.5) is 13.2 Å². The quantitative estimate of drug-likeness (QED) is 0.734. The highest BCUT2D eigenvalue weighted by molar-refractivity contribution is 5.93. The molecule has 1 aliphatic rings. The molecule has 0 fully saturated rings. The molecule has 1 amide bonds. The second-order valence-electron chi connectivity index (χ2n) is 5.99. The number of carbonyl (C=O) groups is 1. The molecule has 0 radical (unpaired) electrons. The summed E-state index contributed by atoms with van der Waals surface area (Å²) < 4.78 is 42.1. The normalized spacial score (nSPS) is 14.1. The number of nitrogens with two attached hydrogens (primary N) is 1. The largest absolute Gasteiger partial charge is 0.471 e. The van der Waals surface area contributed by atoms with E-state index in [2.05, 4.69) is 10.4 Å². The average molecular weight is 393 g/mol. The number of amides is 1. The van der Waals surface area contributed by atoms with Gasteiger partial charge in [-0.2, -0.15) is 13.2 Å². The van der Waals surface area contributed by atoms with E-state index < -0.39 is 18.6 Å². The lowest BCUT2D eigenvalue weighted by atomic mass is 10.1. The van der Waals surface area contributed by atoms with Crippen LogP contribution in [0.15, 0.2) is 54.4 Å². The molecule has 28 heavy (non-hydrogen) atoms. The maximum Gasteiger partial charge on any atom is 0.405 e. The Balaban J connectivity index is 1.63. The van der Waals surface area contributed by atoms with Crippen LogP contribution in [-0.2, 0) is 0 Å². The highest BCUT2D eigenvalue weighted by atomic mass is 19.4. The summed E-state index contributed by atoms with van der Waals surface area (Å²) in [4.78, 5) is 15.7. The fraction of sp³-hybridized carbons (Fsp3) is 0.222. The van der Waals surface area contributed by atoms with Crippen molar-refractivity contribution in [2.45, 2.75) is 6.18 Å². The van der Waals surface area contributed by atoms with Crippen molar-refractivity contribution in [1.82, 2.24) is 15.3 Å². The second kappa shape index (κ2) is 8.17. The summed E-state index contributed by atoms with van der Waals surface area (Å²) >= 11 is 0. The van der Waals surface area contributed by atoms with E-state index >= 15 is 0 Å². The van der Waals surface area contributed by atoms with Crippen molar-refractivity contribution in [2.24, 2.45) is 0 Å². The molecule has 0 bridgehead atoms. The predicted molar refractivity (Wildman–Crippen MR) is 94.5 cm³/mol. The van der Waals surface area contributed by atoms with Gasteiger partial charge in [-0.15, -0.1) is 0 Å². The molecule has 2 heterocycles. The molecule has 0 saturated carbocycles. The third kappa shape index (κ3) is 4.92. The van der Waals surface area contributed by atoms with Crippen LogP contribution in [0.3, 0.4) is 0 Å². The molecule has 0 spiro atoms. The first-order valence-corrected chi connectivity index (χ1v) is 8.33. The van der Waals surface area contributed by atoms with Gasteiger partial charge in [0, 0.05) is 12.3 Å². The fourth-order valence-electron chi connectivity index (χ4n) is 2.49. The number of likely N-dealkylation sites (N-methyl/N-ethyl adjacent to an activating group) is 1. The number of nitrogens with zero attached hydrogens (tertiary/aromatic N) is 3. The predicted octanol–water partition coefficient (Wildman–Crippen LogP) is 1.83. The number of aromatic nitrogens is 1. The highest BCUT2D eigenvalue weighted by Gasteiger charge is 2.28. The first kappa shape index (κ1) is 19.5. The van der Waals surface area contributed by atoms with Gasteiger partial charge in [0.15, 0.2) is 0 Å². The Kier molecular flexibility index (Phi) is 5.69.